The molecule has 2 aliphatic rings. The Morgan fingerprint density at radius 2 is 1.95 bits per heavy atom. The van der Waals surface area contributed by atoms with E-state index in [1.807, 2.05) is 11.8 Å². The van der Waals surface area contributed by atoms with E-state index in [0.29, 0.717) is 32.5 Å². The van der Waals surface area contributed by atoms with E-state index in [2.05, 4.69) is 17.5 Å². The third kappa shape index (κ3) is 4.46. The van der Waals surface area contributed by atoms with Crippen LogP contribution in [-0.2, 0) is 10.0 Å². The Balaban J connectivity index is 1.83. The van der Waals surface area contributed by atoms with Crippen molar-refractivity contribution in [3.8, 4) is 0 Å². The summed E-state index contributed by atoms with van der Waals surface area (Å²) in [7, 11) is -3.17. The van der Waals surface area contributed by atoms with Gasteiger partial charge in [0.2, 0.25) is 10.0 Å². The van der Waals surface area contributed by atoms with Gasteiger partial charge in [0, 0.05) is 31.7 Å². The highest BCUT2D eigenvalue weighted by molar-refractivity contribution is 7.88. The molecule has 7 heteroatoms. The summed E-state index contributed by atoms with van der Waals surface area (Å²) in [6, 6.07) is 0.237. The predicted molar refractivity (Wildman–Crippen MR) is 87.1 cm³/mol. The van der Waals surface area contributed by atoms with Gasteiger partial charge in [-0.05, 0) is 32.1 Å². The Labute approximate surface area is 133 Å². The second-order valence-electron chi connectivity index (χ2n) is 6.12. The quantitative estimate of drug-likeness (QED) is 0.796. The number of nitrogens with zero attached hydrogens (tertiary/aromatic N) is 2. The SMILES string of the molecule is CCN(C1CCN(C(=O)NC2CC=CCC2)CC1)S(C)(=O)=O. The molecule has 1 heterocycles. The van der Waals surface area contributed by atoms with Gasteiger partial charge in [-0.3, -0.25) is 0 Å². The van der Waals surface area contributed by atoms with E-state index in [1.54, 1.807) is 4.31 Å². The molecule has 0 aromatic rings. The van der Waals surface area contributed by atoms with Crippen molar-refractivity contribution in [1.29, 1.82) is 0 Å². The number of allylic oxidation sites excluding steroid dienone is 1. The summed E-state index contributed by atoms with van der Waals surface area (Å²) < 4.78 is 25.1. The lowest BCUT2D eigenvalue weighted by Crippen LogP contribution is -2.52. The van der Waals surface area contributed by atoms with Gasteiger partial charge in [-0.1, -0.05) is 19.1 Å². The number of piperidine rings is 1. The van der Waals surface area contributed by atoms with Gasteiger partial charge in [-0.2, -0.15) is 4.31 Å². The molecule has 1 atom stereocenters. The number of urea groups is 1. The average Bonchev–Trinajstić information content (AvgIpc) is 2.48. The van der Waals surface area contributed by atoms with Crippen LogP contribution in [-0.4, -0.2) is 61.6 Å². The zero-order chi connectivity index (χ0) is 16.2. The molecule has 126 valence electrons. The van der Waals surface area contributed by atoms with Crippen LogP contribution < -0.4 is 5.32 Å². The van der Waals surface area contributed by atoms with E-state index < -0.39 is 10.0 Å². The second kappa shape index (κ2) is 7.46. The fraction of sp³-hybridized carbons (Fsp3) is 0.800. The molecular formula is C15H27N3O3S. The maximum atomic E-state index is 12.3. The fourth-order valence-electron chi connectivity index (χ4n) is 3.31. The molecule has 1 aliphatic carbocycles. The van der Waals surface area contributed by atoms with Crippen molar-refractivity contribution in [3.05, 3.63) is 12.2 Å². The van der Waals surface area contributed by atoms with Gasteiger partial charge in [0.25, 0.3) is 0 Å². The third-order valence-corrected chi connectivity index (χ3v) is 5.90. The second-order valence-corrected chi connectivity index (χ2v) is 8.05. The van der Waals surface area contributed by atoms with Crippen LogP contribution in [0.25, 0.3) is 0 Å². The standard InChI is InChI=1S/C15H27N3O3S/c1-3-18(22(2,20)21)14-9-11-17(12-10-14)15(19)16-13-7-5-4-6-8-13/h4-5,13-14H,3,6-12H2,1-2H3,(H,16,19). The molecule has 0 saturated carbocycles. The molecule has 1 aliphatic heterocycles. The van der Waals surface area contributed by atoms with Crippen molar-refractivity contribution in [1.82, 2.24) is 14.5 Å². The maximum absolute atomic E-state index is 12.3. The van der Waals surface area contributed by atoms with Crippen LogP contribution in [0.3, 0.4) is 0 Å². The molecule has 1 unspecified atom stereocenters. The summed E-state index contributed by atoms with van der Waals surface area (Å²) in [5, 5.41) is 3.08. The molecule has 0 spiro atoms. The maximum Gasteiger partial charge on any atom is 0.317 e. The summed E-state index contributed by atoms with van der Waals surface area (Å²) in [4.78, 5) is 14.1. The van der Waals surface area contributed by atoms with Crippen LogP contribution in [0.4, 0.5) is 4.79 Å². The number of hydrogen-bond acceptors (Lipinski definition) is 3. The molecule has 22 heavy (non-hydrogen) atoms. The van der Waals surface area contributed by atoms with Crippen LogP contribution in [0, 0.1) is 0 Å². The molecule has 0 aromatic carbocycles. The van der Waals surface area contributed by atoms with Crippen molar-refractivity contribution in [2.75, 3.05) is 25.9 Å². The van der Waals surface area contributed by atoms with Crippen LogP contribution in [0.2, 0.25) is 0 Å². The van der Waals surface area contributed by atoms with E-state index in [1.165, 1.54) is 6.26 Å². The van der Waals surface area contributed by atoms with Gasteiger partial charge in [0.15, 0.2) is 0 Å². The number of likely N-dealkylation sites (tertiary alicyclic amines) is 1. The average molecular weight is 329 g/mol. The fourth-order valence-corrected chi connectivity index (χ4v) is 4.53. The number of hydrogen-bond donors (Lipinski definition) is 1. The van der Waals surface area contributed by atoms with Crippen LogP contribution in [0.1, 0.15) is 39.0 Å². The number of rotatable bonds is 4. The third-order valence-electron chi connectivity index (χ3n) is 4.49. The van der Waals surface area contributed by atoms with Crippen molar-refractivity contribution in [2.24, 2.45) is 0 Å². The topological polar surface area (TPSA) is 69.7 Å². The van der Waals surface area contributed by atoms with Gasteiger partial charge in [-0.25, -0.2) is 13.2 Å². The number of sulfonamides is 1. The minimum Gasteiger partial charge on any atom is -0.335 e. The highest BCUT2D eigenvalue weighted by atomic mass is 32.2. The number of carbonyl (C=O) groups excluding carboxylic acids is 1. The Morgan fingerprint density at radius 3 is 2.45 bits per heavy atom. The normalized spacial score (nSPS) is 23.8. The molecular weight excluding hydrogens is 302 g/mol. The lowest BCUT2D eigenvalue weighted by molar-refractivity contribution is 0.156. The Kier molecular flexibility index (Phi) is 5.86. The number of carbonyl (C=O) groups is 1. The Bertz CT molecular complexity index is 510. The summed E-state index contributed by atoms with van der Waals surface area (Å²) >= 11 is 0. The highest BCUT2D eigenvalue weighted by Crippen LogP contribution is 2.19. The molecule has 2 amide bonds. The minimum absolute atomic E-state index is 0.0128. The van der Waals surface area contributed by atoms with Crippen LogP contribution >= 0.6 is 0 Å². The first-order valence-electron chi connectivity index (χ1n) is 8.09. The van der Waals surface area contributed by atoms with Crippen LogP contribution in [0.15, 0.2) is 12.2 Å². The summed E-state index contributed by atoms with van der Waals surface area (Å²) in [5.74, 6) is 0. The molecule has 1 fully saturated rings. The summed E-state index contributed by atoms with van der Waals surface area (Å²) in [6.45, 7) is 3.58. The number of nitrogens with one attached hydrogen (secondary N) is 1. The zero-order valence-corrected chi connectivity index (χ0v) is 14.3. The first-order chi connectivity index (χ1) is 10.4. The molecule has 1 saturated heterocycles. The van der Waals surface area contributed by atoms with Crippen molar-refractivity contribution >= 4 is 16.1 Å². The van der Waals surface area contributed by atoms with Gasteiger partial charge in [0.1, 0.15) is 0 Å². The van der Waals surface area contributed by atoms with Crippen molar-refractivity contribution < 1.29 is 13.2 Å². The molecule has 0 bridgehead atoms. The van der Waals surface area contributed by atoms with E-state index in [4.69, 9.17) is 0 Å². The van der Waals surface area contributed by atoms with Crippen molar-refractivity contribution in [2.45, 2.75) is 51.1 Å². The molecule has 0 radical (unpaired) electrons. The minimum atomic E-state index is -3.17. The van der Waals surface area contributed by atoms with Gasteiger partial charge >= 0.3 is 6.03 Å². The highest BCUT2D eigenvalue weighted by Gasteiger charge is 2.30. The van der Waals surface area contributed by atoms with Gasteiger partial charge in [-0.15, -0.1) is 0 Å². The van der Waals surface area contributed by atoms with Crippen LogP contribution in [0.5, 0.6) is 0 Å². The number of amides is 2. The predicted octanol–water partition coefficient (Wildman–Crippen LogP) is 1.55. The van der Waals surface area contributed by atoms with E-state index >= 15 is 0 Å². The first-order valence-corrected chi connectivity index (χ1v) is 9.94. The molecule has 0 aromatic heterocycles. The molecule has 2 rings (SSSR count). The zero-order valence-electron chi connectivity index (χ0n) is 13.5. The first kappa shape index (κ1) is 17.3. The monoisotopic (exact) mass is 329 g/mol. The summed E-state index contributed by atoms with van der Waals surface area (Å²) in [5.41, 5.74) is 0. The molecule has 6 nitrogen and oxygen atoms in total. The van der Waals surface area contributed by atoms with E-state index in [0.717, 1.165) is 19.3 Å². The lowest BCUT2D eigenvalue weighted by Gasteiger charge is -2.37. The van der Waals surface area contributed by atoms with E-state index in [9.17, 15) is 13.2 Å². The van der Waals surface area contributed by atoms with Crippen molar-refractivity contribution in [3.63, 3.8) is 0 Å². The Morgan fingerprint density at radius 1 is 1.27 bits per heavy atom. The van der Waals surface area contributed by atoms with E-state index in [-0.39, 0.29) is 18.1 Å². The smallest absolute Gasteiger partial charge is 0.317 e. The van der Waals surface area contributed by atoms with Gasteiger partial charge in [0.05, 0.1) is 6.26 Å². The lowest BCUT2D eigenvalue weighted by atomic mass is 10.0. The van der Waals surface area contributed by atoms with Gasteiger partial charge < -0.3 is 10.2 Å². The largest absolute Gasteiger partial charge is 0.335 e. The molecule has 1 N–H and O–H groups in total. The summed E-state index contributed by atoms with van der Waals surface area (Å²) in [6.07, 6.45) is 9.86. The Hall–Kier alpha value is -1.08.